The Labute approximate surface area is 170 Å². The van der Waals surface area contributed by atoms with Crippen LogP contribution < -0.4 is 0 Å². The monoisotopic (exact) mass is 406 g/mol. The van der Waals surface area contributed by atoms with Crippen LogP contribution in [0.5, 0.6) is 0 Å². The minimum absolute atomic E-state index is 0.0749. The van der Waals surface area contributed by atoms with Gasteiger partial charge in [0.05, 0.1) is 18.8 Å². The Morgan fingerprint density at radius 1 is 1.07 bits per heavy atom. The smallest absolute Gasteiger partial charge is 0.160 e. The van der Waals surface area contributed by atoms with Gasteiger partial charge in [0.25, 0.3) is 0 Å². The zero-order chi connectivity index (χ0) is 19.1. The van der Waals surface area contributed by atoms with Gasteiger partial charge in [0.15, 0.2) is 6.29 Å². The number of hydrogen-bond donors (Lipinski definition) is 0. The zero-order valence-electron chi connectivity index (χ0n) is 15.3. The van der Waals surface area contributed by atoms with Crippen LogP contribution in [0.2, 0.25) is 10.0 Å². The average Bonchev–Trinajstić information content (AvgIpc) is 2.67. The van der Waals surface area contributed by atoms with Crippen LogP contribution >= 0.6 is 23.2 Å². The molecular weight excluding hydrogens is 383 g/mol. The molecule has 1 heterocycles. The third kappa shape index (κ3) is 6.34. The number of rotatable bonds is 7. The maximum absolute atomic E-state index is 6.25. The first-order valence-electron chi connectivity index (χ1n) is 9.20. The molecule has 3 nitrogen and oxygen atoms in total. The summed E-state index contributed by atoms with van der Waals surface area (Å²) in [5, 5.41) is 1.24. The highest BCUT2D eigenvalue weighted by Crippen LogP contribution is 2.27. The van der Waals surface area contributed by atoms with E-state index < -0.39 is 0 Å². The third-order valence-corrected chi connectivity index (χ3v) is 4.97. The van der Waals surface area contributed by atoms with Gasteiger partial charge in [0, 0.05) is 29.5 Å². The predicted molar refractivity (Wildman–Crippen MR) is 110 cm³/mol. The Morgan fingerprint density at radius 2 is 1.89 bits per heavy atom. The molecule has 1 fully saturated rings. The highest BCUT2D eigenvalue weighted by Gasteiger charge is 2.29. The number of halogens is 2. The van der Waals surface area contributed by atoms with E-state index in [9.17, 15) is 0 Å². The van der Waals surface area contributed by atoms with E-state index in [2.05, 4.69) is 12.1 Å². The van der Waals surface area contributed by atoms with E-state index in [1.807, 2.05) is 49.4 Å². The molecule has 27 heavy (non-hydrogen) atoms. The van der Waals surface area contributed by atoms with Gasteiger partial charge in [-0.3, -0.25) is 0 Å². The molecule has 0 amide bonds. The molecule has 2 aromatic rings. The van der Waals surface area contributed by atoms with Crippen molar-refractivity contribution in [1.82, 2.24) is 0 Å². The van der Waals surface area contributed by atoms with Gasteiger partial charge < -0.3 is 14.2 Å². The van der Waals surface area contributed by atoms with Crippen LogP contribution in [0.4, 0.5) is 0 Å². The zero-order valence-corrected chi connectivity index (χ0v) is 16.8. The summed E-state index contributed by atoms with van der Waals surface area (Å²) in [6.45, 7) is 3.16. The SMILES string of the molecule is CCO[C@H]1C[C@H](OCc2ccccc2)C[C@@H](/C=C/c2ccc(Cl)cc2Cl)O1. The normalized spacial score (nSPS) is 23.0. The van der Waals surface area contributed by atoms with Gasteiger partial charge in [-0.1, -0.05) is 71.8 Å². The molecule has 0 N–H and O–H groups in total. The fraction of sp³-hybridized carbons (Fsp3) is 0.364. The second-order valence-electron chi connectivity index (χ2n) is 6.47. The quantitative estimate of drug-likeness (QED) is 0.552. The molecule has 1 aliphatic heterocycles. The second kappa shape index (κ2) is 10.3. The Kier molecular flexibility index (Phi) is 7.74. The minimum Gasteiger partial charge on any atom is -0.373 e. The lowest BCUT2D eigenvalue weighted by atomic mass is 10.0. The first kappa shape index (κ1) is 20.4. The van der Waals surface area contributed by atoms with Crippen molar-refractivity contribution in [3.8, 4) is 0 Å². The van der Waals surface area contributed by atoms with Gasteiger partial charge >= 0.3 is 0 Å². The van der Waals surface area contributed by atoms with Crippen molar-refractivity contribution < 1.29 is 14.2 Å². The summed E-state index contributed by atoms with van der Waals surface area (Å²) in [6.07, 6.45) is 5.20. The maximum atomic E-state index is 6.25. The predicted octanol–water partition coefficient (Wildman–Crippen LogP) is 6.13. The molecule has 0 aromatic heterocycles. The third-order valence-electron chi connectivity index (χ3n) is 4.41. The molecule has 1 aliphatic rings. The van der Waals surface area contributed by atoms with E-state index in [0.717, 1.165) is 24.0 Å². The van der Waals surface area contributed by atoms with Gasteiger partial charge in [-0.2, -0.15) is 0 Å². The minimum atomic E-state index is -0.264. The average molecular weight is 407 g/mol. The van der Waals surface area contributed by atoms with Crippen LogP contribution in [0, 0.1) is 0 Å². The van der Waals surface area contributed by atoms with Crippen LogP contribution in [0.1, 0.15) is 30.9 Å². The number of benzene rings is 2. The molecule has 3 atom stereocenters. The van der Waals surface area contributed by atoms with Gasteiger partial charge in [0.2, 0.25) is 0 Å². The summed E-state index contributed by atoms with van der Waals surface area (Å²) in [6, 6.07) is 15.6. The lowest BCUT2D eigenvalue weighted by molar-refractivity contribution is -0.210. The maximum Gasteiger partial charge on any atom is 0.160 e. The molecule has 144 valence electrons. The Hall–Kier alpha value is -1.36. The van der Waals surface area contributed by atoms with Crippen molar-refractivity contribution in [3.05, 3.63) is 75.8 Å². The number of ether oxygens (including phenoxy) is 3. The second-order valence-corrected chi connectivity index (χ2v) is 7.32. The highest BCUT2D eigenvalue weighted by atomic mass is 35.5. The molecule has 5 heteroatoms. The first-order chi connectivity index (χ1) is 13.1. The lowest BCUT2D eigenvalue weighted by Gasteiger charge is -2.33. The van der Waals surface area contributed by atoms with Crippen molar-refractivity contribution in [3.63, 3.8) is 0 Å². The molecule has 0 bridgehead atoms. The fourth-order valence-electron chi connectivity index (χ4n) is 3.07. The lowest BCUT2D eigenvalue weighted by Crippen LogP contribution is -2.37. The molecule has 0 radical (unpaired) electrons. The van der Waals surface area contributed by atoms with Crippen molar-refractivity contribution in [2.45, 2.75) is 44.9 Å². The summed E-state index contributed by atoms with van der Waals surface area (Å²) in [4.78, 5) is 0. The molecular formula is C22H24Cl2O3. The van der Waals surface area contributed by atoms with Crippen LogP contribution in [-0.2, 0) is 20.8 Å². The molecule has 0 aliphatic carbocycles. The Bertz CT molecular complexity index is 748. The molecule has 3 rings (SSSR count). The van der Waals surface area contributed by atoms with Crippen LogP contribution in [0.15, 0.2) is 54.6 Å². The van der Waals surface area contributed by atoms with Crippen LogP contribution in [0.25, 0.3) is 6.08 Å². The van der Waals surface area contributed by atoms with Gasteiger partial charge in [0.1, 0.15) is 0 Å². The topological polar surface area (TPSA) is 27.7 Å². The summed E-state index contributed by atoms with van der Waals surface area (Å²) >= 11 is 12.2. The van der Waals surface area contributed by atoms with Crippen LogP contribution in [0.3, 0.4) is 0 Å². The van der Waals surface area contributed by atoms with E-state index in [-0.39, 0.29) is 18.5 Å². The standard InChI is InChI=1S/C22H24Cl2O3/c1-2-25-22-14-20(26-15-16-6-4-3-5-7-16)13-19(27-22)11-9-17-8-10-18(23)12-21(17)24/h3-12,19-20,22H,2,13-15H2,1H3/b11-9+/t19-,20-,22-/m1/s1. The molecule has 0 spiro atoms. The molecule has 1 saturated heterocycles. The molecule has 0 unspecified atom stereocenters. The van der Waals surface area contributed by atoms with Crippen LogP contribution in [-0.4, -0.2) is 25.1 Å². The van der Waals surface area contributed by atoms with Crippen molar-refractivity contribution in [2.24, 2.45) is 0 Å². The molecule has 2 aromatic carbocycles. The molecule has 0 saturated carbocycles. The summed E-state index contributed by atoms with van der Waals surface area (Å²) in [7, 11) is 0. The van der Waals surface area contributed by atoms with Crippen molar-refractivity contribution in [2.75, 3.05) is 6.61 Å². The summed E-state index contributed by atoms with van der Waals surface area (Å²) < 4.78 is 17.9. The van der Waals surface area contributed by atoms with E-state index in [4.69, 9.17) is 37.4 Å². The van der Waals surface area contributed by atoms with Gasteiger partial charge in [-0.25, -0.2) is 0 Å². The van der Waals surface area contributed by atoms with E-state index in [1.54, 1.807) is 6.07 Å². The largest absolute Gasteiger partial charge is 0.373 e. The van der Waals surface area contributed by atoms with Crippen molar-refractivity contribution >= 4 is 29.3 Å². The summed E-state index contributed by atoms with van der Waals surface area (Å²) in [5.41, 5.74) is 2.07. The van der Waals surface area contributed by atoms with E-state index in [0.29, 0.717) is 23.3 Å². The first-order valence-corrected chi connectivity index (χ1v) is 9.95. The Morgan fingerprint density at radius 3 is 2.63 bits per heavy atom. The fourth-order valence-corrected chi connectivity index (χ4v) is 3.54. The van der Waals surface area contributed by atoms with Gasteiger partial charge in [-0.05, 0) is 30.2 Å². The van der Waals surface area contributed by atoms with E-state index in [1.165, 1.54) is 0 Å². The Balaban J connectivity index is 1.63. The van der Waals surface area contributed by atoms with Gasteiger partial charge in [-0.15, -0.1) is 0 Å². The van der Waals surface area contributed by atoms with Crippen molar-refractivity contribution in [1.29, 1.82) is 0 Å². The highest BCUT2D eigenvalue weighted by molar-refractivity contribution is 6.35. The van der Waals surface area contributed by atoms with E-state index >= 15 is 0 Å². The summed E-state index contributed by atoms with van der Waals surface area (Å²) in [5.74, 6) is 0. The number of hydrogen-bond acceptors (Lipinski definition) is 3.